The molecule has 5 nitrogen and oxygen atoms in total. The standard InChI is InChI=1S/C4H5O5P/c1-3(6)4(2-5)9-10(7)8/h2H,1H3,(H-,5,6,7,8)/p+1. The first-order chi connectivity index (χ1) is 4.57. The summed E-state index contributed by atoms with van der Waals surface area (Å²) in [6.07, 6.45) is 0.339. The van der Waals surface area contributed by atoms with E-state index in [0.29, 0.717) is 6.26 Å². The molecule has 0 aromatic rings. The van der Waals surface area contributed by atoms with E-state index in [1.165, 1.54) is 0 Å². The van der Waals surface area contributed by atoms with Gasteiger partial charge in [-0.2, -0.15) is 0 Å². The molecule has 0 aliphatic carbocycles. The highest BCUT2D eigenvalue weighted by molar-refractivity contribution is 7.32. The van der Waals surface area contributed by atoms with Gasteiger partial charge in [0.25, 0.3) is 5.76 Å². The predicted molar refractivity (Wildman–Crippen MR) is 32.3 cm³/mol. The van der Waals surface area contributed by atoms with Crippen molar-refractivity contribution in [2.45, 2.75) is 6.92 Å². The molecule has 6 heteroatoms. The Morgan fingerprint density at radius 3 is 2.30 bits per heavy atom. The summed E-state index contributed by atoms with van der Waals surface area (Å²) in [5.74, 6) is -1.14. The maximum atomic E-state index is 10.3. The van der Waals surface area contributed by atoms with Gasteiger partial charge in [0, 0.05) is 11.5 Å². The van der Waals surface area contributed by atoms with Crippen LogP contribution in [0.1, 0.15) is 6.92 Å². The molecular formula is C4H6O5P+. The topological polar surface area (TPSA) is 83.8 Å². The van der Waals surface area contributed by atoms with Crippen LogP contribution in [-0.4, -0.2) is 15.8 Å². The number of rotatable bonds is 3. The van der Waals surface area contributed by atoms with Crippen LogP contribution in [0.15, 0.2) is 12.0 Å². The largest absolute Gasteiger partial charge is 0.747 e. The van der Waals surface area contributed by atoms with Crippen molar-refractivity contribution in [3.63, 3.8) is 0 Å². The Bertz CT molecular complexity index is 184. The fraction of sp³-hybridized carbons (Fsp3) is 0.250. The molecule has 0 saturated heterocycles. The molecule has 0 amide bonds. The lowest BCUT2D eigenvalue weighted by atomic mass is 10.4. The Balaban J connectivity index is 4.12. The number of hydrogen-bond donors (Lipinski definition) is 2. The molecule has 56 valence electrons. The summed E-state index contributed by atoms with van der Waals surface area (Å²) in [5, 5.41) is 8.20. The summed E-state index contributed by atoms with van der Waals surface area (Å²) in [6, 6.07) is 0. The summed E-state index contributed by atoms with van der Waals surface area (Å²) in [5.41, 5.74) is 0. The number of allylic oxidation sites excluding steroid dienone is 1. The van der Waals surface area contributed by atoms with Crippen molar-refractivity contribution in [3.8, 4) is 0 Å². The maximum absolute atomic E-state index is 10.3. The Morgan fingerprint density at radius 1 is 1.70 bits per heavy atom. The number of hydrogen-bond acceptors (Lipinski definition) is 4. The lowest BCUT2D eigenvalue weighted by Crippen LogP contribution is -1.96. The molecule has 0 heterocycles. The van der Waals surface area contributed by atoms with Crippen molar-refractivity contribution >= 4 is 14.0 Å². The van der Waals surface area contributed by atoms with Gasteiger partial charge in [-0.1, -0.05) is 0 Å². The third-order valence-corrected chi connectivity index (χ3v) is 0.994. The van der Waals surface area contributed by atoms with Gasteiger partial charge in [-0.3, -0.25) is 4.79 Å². The van der Waals surface area contributed by atoms with Gasteiger partial charge in [0.1, 0.15) is 6.26 Å². The van der Waals surface area contributed by atoms with E-state index in [1.54, 1.807) is 0 Å². The van der Waals surface area contributed by atoms with Crippen molar-refractivity contribution < 1.29 is 23.9 Å². The van der Waals surface area contributed by atoms with Gasteiger partial charge in [0.15, 0.2) is 0 Å². The molecule has 10 heavy (non-hydrogen) atoms. The summed E-state index contributed by atoms with van der Waals surface area (Å²) in [6.45, 7) is 1.10. The van der Waals surface area contributed by atoms with Crippen molar-refractivity contribution in [2.24, 2.45) is 0 Å². The number of ketones is 1. The van der Waals surface area contributed by atoms with Gasteiger partial charge in [0.05, 0.1) is 0 Å². The van der Waals surface area contributed by atoms with Crippen LogP contribution >= 0.6 is 8.25 Å². The molecule has 2 N–H and O–H groups in total. The molecule has 0 fully saturated rings. The second kappa shape index (κ2) is 3.98. The quantitative estimate of drug-likeness (QED) is 0.364. The van der Waals surface area contributed by atoms with Crippen LogP contribution in [0.4, 0.5) is 0 Å². The molecule has 0 rings (SSSR count). The summed E-state index contributed by atoms with van der Waals surface area (Å²) in [4.78, 5) is 18.4. The second-order valence-corrected chi connectivity index (χ2v) is 2.04. The zero-order chi connectivity index (χ0) is 8.15. The monoisotopic (exact) mass is 165 g/mol. The molecule has 0 aromatic heterocycles. The minimum Gasteiger partial charge on any atom is -0.511 e. The van der Waals surface area contributed by atoms with Gasteiger partial charge in [0.2, 0.25) is 5.78 Å². The number of carbonyl (C=O) groups excluding carboxylic acids is 1. The van der Waals surface area contributed by atoms with Crippen molar-refractivity contribution in [1.29, 1.82) is 0 Å². The summed E-state index contributed by atoms with van der Waals surface area (Å²) < 4.78 is 13.9. The predicted octanol–water partition coefficient (Wildman–Crippen LogP) is 0.641. The lowest BCUT2D eigenvalue weighted by molar-refractivity contribution is -0.115. The van der Waals surface area contributed by atoms with Gasteiger partial charge in [-0.25, -0.2) is 4.52 Å². The van der Waals surface area contributed by atoms with Crippen LogP contribution in [0.25, 0.3) is 0 Å². The molecule has 1 atom stereocenters. The zero-order valence-electron chi connectivity index (χ0n) is 5.14. The molecule has 0 aromatic carbocycles. The fourth-order valence-corrected chi connectivity index (χ4v) is 0.607. The minimum atomic E-state index is -2.88. The first kappa shape index (κ1) is 9.07. The molecule has 0 spiro atoms. The third-order valence-electron chi connectivity index (χ3n) is 0.641. The van der Waals surface area contributed by atoms with E-state index >= 15 is 0 Å². The Hall–Kier alpha value is -0.930. The average Bonchev–Trinajstić information content (AvgIpc) is 1.81. The molecule has 0 radical (unpaired) electrons. The molecule has 0 saturated carbocycles. The van der Waals surface area contributed by atoms with Crippen LogP contribution in [0.2, 0.25) is 0 Å². The molecule has 1 unspecified atom stereocenters. The van der Waals surface area contributed by atoms with Crippen LogP contribution in [0.5, 0.6) is 0 Å². The normalized spacial score (nSPS) is 12.6. The Morgan fingerprint density at radius 2 is 2.20 bits per heavy atom. The van der Waals surface area contributed by atoms with E-state index in [9.17, 15) is 9.36 Å². The molecule has 0 aliphatic heterocycles. The van der Waals surface area contributed by atoms with E-state index in [-0.39, 0.29) is 0 Å². The molecular weight excluding hydrogens is 159 g/mol. The van der Waals surface area contributed by atoms with E-state index in [2.05, 4.69) is 4.52 Å². The highest BCUT2D eigenvalue weighted by atomic mass is 31.1. The van der Waals surface area contributed by atoms with Crippen molar-refractivity contribution in [3.05, 3.63) is 12.0 Å². The number of aliphatic hydroxyl groups excluding tert-OH is 1. The van der Waals surface area contributed by atoms with E-state index in [1.807, 2.05) is 0 Å². The summed E-state index contributed by atoms with van der Waals surface area (Å²) >= 11 is 0. The average molecular weight is 165 g/mol. The van der Waals surface area contributed by atoms with Crippen molar-refractivity contribution in [1.82, 2.24) is 0 Å². The Labute approximate surface area is 57.9 Å². The number of Topliss-reactive ketones (excluding diaryl/α,β-unsaturated/α-hetero) is 1. The first-order valence-corrected chi connectivity index (χ1v) is 3.40. The van der Waals surface area contributed by atoms with E-state index < -0.39 is 19.8 Å². The van der Waals surface area contributed by atoms with Crippen LogP contribution in [-0.2, 0) is 13.9 Å². The van der Waals surface area contributed by atoms with E-state index in [0.717, 1.165) is 6.92 Å². The molecule has 0 aliphatic rings. The summed E-state index contributed by atoms with van der Waals surface area (Å²) in [7, 11) is -2.88. The van der Waals surface area contributed by atoms with Gasteiger partial charge < -0.3 is 5.11 Å². The SMILES string of the molecule is CC(=O)C(=CO)O[P+](=O)O. The number of aliphatic hydroxyl groups is 1. The smallest absolute Gasteiger partial charge is 0.511 e. The van der Waals surface area contributed by atoms with Crippen LogP contribution < -0.4 is 0 Å². The highest BCUT2D eigenvalue weighted by Crippen LogP contribution is 2.20. The third kappa shape index (κ3) is 3.17. The lowest BCUT2D eigenvalue weighted by Gasteiger charge is -1.87. The fourth-order valence-electron chi connectivity index (χ4n) is 0.263. The second-order valence-electron chi connectivity index (χ2n) is 1.38. The Kier molecular flexibility index (Phi) is 3.61. The number of carbonyl (C=O) groups is 1. The highest BCUT2D eigenvalue weighted by Gasteiger charge is 2.20. The first-order valence-electron chi connectivity index (χ1n) is 2.27. The van der Waals surface area contributed by atoms with Gasteiger partial charge in [-0.15, -0.1) is 4.89 Å². The minimum absolute atomic E-state index is 0.339. The zero-order valence-corrected chi connectivity index (χ0v) is 6.04. The van der Waals surface area contributed by atoms with E-state index in [4.69, 9.17) is 10.00 Å². The van der Waals surface area contributed by atoms with Crippen LogP contribution in [0.3, 0.4) is 0 Å². The van der Waals surface area contributed by atoms with Crippen molar-refractivity contribution in [2.75, 3.05) is 0 Å². The van der Waals surface area contributed by atoms with Gasteiger partial charge in [-0.05, 0) is 0 Å². The molecule has 0 bridgehead atoms. The maximum Gasteiger partial charge on any atom is 0.747 e. The van der Waals surface area contributed by atoms with Gasteiger partial charge >= 0.3 is 8.25 Å². The van der Waals surface area contributed by atoms with Crippen LogP contribution in [0, 0.1) is 0 Å².